The Morgan fingerprint density at radius 1 is 1.25 bits per heavy atom. The number of nitrogens with zero attached hydrogens (tertiary/aromatic N) is 1. The fourth-order valence-corrected chi connectivity index (χ4v) is 2.98. The lowest BCUT2D eigenvalue weighted by molar-refractivity contribution is -0.139. The zero-order chi connectivity index (χ0) is 17.6. The molecule has 0 atom stereocenters. The van der Waals surface area contributed by atoms with Crippen molar-refractivity contribution in [2.45, 2.75) is 32.7 Å². The Bertz CT molecular complexity index is 637. The zero-order valence-electron chi connectivity index (χ0n) is 14.2. The van der Waals surface area contributed by atoms with E-state index in [0.29, 0.717) is 19.7 Å². The number of benzene rings is 1. The predicted octanol–water partition coefficient (Wildman–Crippen LogP) is 2.19. The first kappa shape index (κ1) is 18.7. The summed E-state index contributed by atoms with van der Waals surface area (Å²) in [4.78, 5) is 14.3. The van der Waals surface area contributed by atoms with Crippen molar-refractivity contribution >= 4 is 16.0 Å². The van der Waals surface area contributed by atoms with Crippen molar-refractivity contribution in [3.05, 3.63) is 29.8 Å². The molecule has 1 aromatic rings. The lowest BCUT2D eigenvalue weighted by Crippen LogP contribution is -2.40. The molecule has 0 heterocycles. The van der Waals surface area contributed by atoms with Gasteiger partial charge in [-0.25, -0.2) is 0 Å². The summed E-state index contributed by atoms with van der Waals surface area (Å²) in [6.07, 6.45) is 3.04. The first-order valence-corrected chi connectivity index (χ1v) is 9.81. The van der Waals surface area contributed by atoms with Crippen molar-refractivity contribution in [3.8, 4) is 5.75 Å². The molecule has 1 amide bonds. The van der Waals surface area contributed by atoms with Gasteiger partial charge < -0.3 is 13.8 Å². The van der Waals surface area contributed by atoms with Gasteiger partial charge in [-0.1, -0.05) is 18.6 Å². The fourth-order valence-electron chi connectivity index (χ4n) is 2.46. The molecular formula is C17H25NO5S. The number of amides is 1. The van der Waals surface area contributed by atoms with Gasteiger partial charge in [0.1, 0.15) is 5.75 Å². The van der Waals surface area contributed by atoms with E-state index in [0.717, 1.165) is 24.8 Å². The van der Waals surface area contributed by atoms with Gasteiger partial charge in [-0.3, -0.25) is 4.79 Å². The Morgan fingerprint density at radius 2 is 1.92 bits per heavy atom. The number of methoxy groups -OCH3 is 1. The molecule has 24 heavy (non-hydrogen) atoms. The second kappa shape index (κ2) is 8.48. The quantitative estimate of drug-likeness (QED) is 0.635. The Balaban J connectivity index is 2.01. The number of carbonyl (C=O) groups is 1. The summed E-state index contributed by atoms with van der Waals surface area (Å²) in [5, 5.41) is 0. The maximum Gasteiger partial charge on any atom is 0.308 e. The molecule has 1 saturated carbocycles. The Morgan fingerprint density at radius 3 is 2.42 bits per heavy atom. The molecular weight excluding hydrogens is 330 g/mol. The van der Waals surface area contributed by atoms with E-state index < -0.39 is 10.1 Å². The highest BCUT2D eigenvalue weighted by atomic mass is 32.2. The second-order valence-corrected chi connectivity index (χ2v) is 7.81. The summed E-state index contributed by atoms with van der Waals surface area (Å²) in [5.41, 5.74) is 0.931. The van der Waals surface area contributed by atoms with Gasteiger partial charge in [0.2, 0.25) is 5.91 Å². The smallest absolute Gasteiger partial charge is 0.308 e. The molecule has 1 aromatic carbocycles. The summed E-state index contributed by atoms with van der Waals surface area (Å²) < 4.78 is 33.0. The number of carbonyl (C=O) groups excluding carboxylic acids is 1. The molecule has 2 rings (SSSR count). The Labute approximate surface area is 143 Å². The number of hydrogen-bond donors (Lipinski definition) is 0. The standard InChI is InChI=1S/C17H25NO5S/c1-3-24(20,21)23-16-9-7-14(8-10-16)13-18(11-12-22-2)17(19)15-5-4-6-15/h7-10,15H,3-6,11-13H2,1-2H3. The summed E-state index contributed by atoms with van der Waals surface area (Å²) in [6, 6.07) is 6.80. The lowest BCUT2D eigenvalue weighted by Gasteiger charge is -2.31. The summed E-state index contributed by atoms with van der Waals surface area (Å²) in [6.45, 7) is 3.06. The third-order valence-corrected chi connectivity index (χ3v) is 5.36. The van der Waals surface area contributed by atoms with Crippen molar-refractivity contribution in [3.63, 3.8) is 0 Å². The summed E-state index contributed by atoms with van der Waals surface area (Å²) >= 11 is 0. The van der Waals surface area contributed by atoms with Crippen LogP contribution in [-0.2, 0) is 26.2 Å². The van der Waals surface area contributed by atoms with Gasteiger partial charge in [-0.2, -0.15) is 8.42 Å². The lowest BCUT2D eigenvalue weighted by atomic mass is 9.84. The van der Waals surface area contributed by atoms with Gasteiger partial charge in [0.15, 0.2) is 0 Å². The Kier molecular flexibility index (Phi) is 6.62. The third kappa shape index (κ3) is 5.21. The van der Waals surface area contributed by atoms with Crippen LogP contribution in [0.4, 0.5) is 0 Å². The van der Waals surface area contributed by atoms with E-state index in [-0.39, 0.29) is 23.3 Å². The van der Waals surface area contributed by atoms with Gasteiger partial charge >= 0.3 is 10.1 Å². The highest BCUT2D eigenvalue weighted by Crippen LogP contribution is 2.29. The van der Waals surface area contributed by atoms with E-state index in [1.54, 1.807) is 31.4 Å². The molecule has 0 aromatic heterocycles. The van der Waals surface area contributed by atoms with Crippen LogP contribution in [0.25, 0.3) is 0 Å². The maximum atomic E-state index is 12.5. The van der Waals surface area contributed by atoms with Crippen molar-refractivity contribution in [2.24, 2.45) is 5.92 Å². The molecule has 6 nitrogen and oxygen atoms in total. The largest absolute Gasteiger partial charge is 0.383 e. The molecule has 0 unspecified atom stereocenters. The van der Waals surface area contributed by atoms with E-state index in [1.807, 2.05) is 4.90 Å². The van der Waals surface area contributed by atoms with Crippen LogP contribution in [0.15, 0.2) is 24.3 Å². The minimum absolute atomic E-state index is 0.0740. The van der Waals surface area contributed by atoms with Crippen LogP contribution in [0.3, 0.4) is 0 Å². The molecule has 1 aliphatic carbocycles. The van der Waals surface area contributed by atoms with Crippen molar-refractivity contribution < 1.29 is 22.1 Å². The van der Waals surface area contributed by atoms with Crippen molar-refractivity contribution in [1.82, 2.24) is 4.90 Å². The van der Waals surface area contributed by atoms with Crippen LogP contribution in [0, 0.1) is 5.92 Å². The van der Waals surface area contributed by atoms with Crippen LogP contribution < -0.4 is 4.18 Å². The summed E-state index contributed by atoms with van der Waals surface area (Å²) in [7, 11) is -1.90. The van der Waals surface area contributed by atoms with Crippen molar-refractivity contribution in [2.75, 3.05) is 26.0 Å². The van der Waals surface area contributed by atoms with Crippen molar-refractivity contribution in [1.29, 1.82) is 0 Å². The monoisotopic (exact) mass is 355 g/mol. The summed E-state index contributed by atoms with van der Waals surface area (Å²) in [5.74, 6) is 0.524. The molecule has 1 aliphatic rings. The highest BCUT2D eigenvalue weighted by molar-refractivity contribution is 7.87. The number of ether oxygens (including phenoxy) is 1. The SMILES string of the molecule is CCS(=O)(=O)Oc1ccc(CN(CCOC)C(=O)C2CCC2)cc1. The molecule has 0 saturated heterocycles. The number of rotatable bonds is 9. The molecule has 0 spiro atoms. The van der Waals surface area contributed by atoms with Gasteiger partial charge in [0, 0.05) is 26.1 Å². The minimum Gasteiger partial charge on any atom is -0.383 e. The Hall–Kier alpha value is -1.60. The van der Waals surface area contributed by atoms with Gasteiger partial charge in [-0.05, 0) is 37.5 Å². The molecule has 0 bridgehead atoms. The molecule has 0 aliphatic heterocycles. The van der Waals surface area contributed by atoms with E-state index in [9.17, 15) is 13.2 Å². The second-order valence-electron chi connectivity index (χ2n) is 5.95. The zero-order valence-corrected chi connectivity index (χ0v) is 15.0. The fraction of sp³-hybridized carbons (Fsp3) is 0.588. The normalized spacial score (nSPS) is 14.9. The number of hydrogen-bond acceptors (Lipinski definition) is 5. The molecule has 0 N–H and O–H groups in total. The minimum atomic E-state index is -3.52. The van der Waals surface area contributed by atoms with Crippen LogP contribution in [0.2, 0.25) is 0 Å². The van der Waals surface area contributed by atoms with Crippen LogP contribution in [-0.4, -0.2) is 45.2 Å². The van der Waals surface area contributed by atoms with Crippen LogP contribution >= 0.6 is 0 Å². The molecule has 0 radical (unpaired) electrons. The predicted molar refractivity (Wildman–Crippen MR) is 91.2 cm³/mol. The maximum absolute atomic E-state index is 12.5. The first-order valence-electron chi connectivity index (χ1n) is 8.24. The molecule has 1 fully saturated rings. The van der Waals surface area contributed by atoms with Gasteiger partial charge in [0.05, 0.1) is 12.4 Å². The highest BCUT2D eigenvalue weighted by Gasteiger charge is 2.29. The topological polar surface area (TPSA) is 72.9 Å². The molecule has 7 heteroatoms. The van der Waals surface area contributed by atoms with E-state index in [2.05, 4.69) is 0 Å². The third-order valence-electron chi connectivity index (χ3n) is 4.20. The average molecular weight is 355 g/mol. The van der Waals surface area contributed by atoms with E-state index >= 15 is 0 Å². The first-order chi connectivity index (χ1) is 11.4. The van der Waals surface area contributed by atoms with E-state index in [1.165, 1.54) is 6.92 Å². The van der Waals surface area contributed by atoms with Crippen LogP contribution in [0.1, 0.15) is 31.7 Å². The van der Waals surface area contributed by atoms with Crippen LogP contribution in [0.5, 0.6) is 5.75 Å². The van der Waals surface area contributed by atoms with E-state index in [4.69, 9.17) is 8.92 Å². The van der Waals surface area contributed by atoms with Gasteiger partial charge in [0.25, 0.3) is 0 Å². The molecule has 134 valence electrons. The van der Waals surface area contributed by atoms with Gasteiger partial charge in [-0.15, -0.1) is 0 Å². The average Bonchev–Trinajstić information content (AvgIpc) is 2.51.